The van der Waals surface area contributed by atoms with Crippen molar-refractivity contribution in [3.63, 3.8) is 0 Å². The second kappa shape index (κ2) is 9.67. The maximum atomic E-state index is 9.39. The van der Waals surface area contributed by atoms with Gasteiger partial charge >= 0.3 is 0 Å². The first kappa shape index (κ1) is 20.3. The average molecular weight is 395 g/mol. The molecule has 0 amide bonds. The van der Waals surface area contributed by atoms with E-state index in [0.717, 1.165) is 29.2 Å². The Morgan fingerprint density at radius 1 is 0.821 bits per heavy atom. The lowest BCUT2D eigenvalue weighted by Crippen LogP contribution is -2.27. The second-order valence-electron chi connectivity index (χ2n) is 6.41. The van der Waals surface area contributed by atoms with Crippen molar-refractivity contribution in [3.05, 3.63) is 95.6 Å². The highest BCUT2D eigenvalue weighted by Crippen LogP contribution is 2.52. The van der Waals surface area contributed by atoms with E-state index in [4.69, 9.17) is 9.47 Å². The van der Waals surface area contributed by atoms with E-state index in [-0.39, 0.29) is 6.61 Å². The Kier molecular flexibility index (Phi) is 7.01. The van der Waals surface area contributed by atoms with Gasteiger partial charge in [-0.15, -0.1) is 11.8 Å². The van der Waals surface area contributed by atoms with E-state index in [9.17, 15) is 5.11 Å². The molecule has 0 radical (unpaired) electrons. The number of rotatable bonds is 9. The van der Waals surface area contributed by atoms with Gasteiger partial charge in [0, 0.05) is 18.2 Å². The van der Waals surface area contributed by atoms with E-state index in [2.05, 4.69) is 54.6 Å². The van der Waals surface area contributed by atoms with Gasteiger partial charge in [0.25, 0.3) is 0 Å². The number of aliphatic hydroxyl groups is 1. The van der Waals surface area contributed by atoms with Crippen LogP contribution in [0.25, 0.3) is 0 Å². The molecule has 3 aromatic rings. The monoisotopic (exact) mass is 394 g/mol. The van der Waals surface area contributed by atoms with Crippen molar-refractivity contribution in [1.29, 1.82) is 0 Å². The number of hydrogen-bond donors (Lipinski definition) is 1. The fraction of sp³-hybridized carbons (Fsp3) is 0.250. The lowest BCUT2D eigenvalue weighted by Gasteiger charge is -2.36. The van der Waals surface area contributed by atoms with Crippen molar-refractivity contribution in [1.82, 2.24) is 0 Å². The van der Waals surface area contributed by atoms with E-state index in [1.807, 2.05) is 36.0 Å². The molecule has 0 aliphatic heterocycles. The molecule has 0 aliphatic carbocycles. The first-order valence-electron chi connectivity index (χ1n) is 9.34. The number of ether oxygens (including phenoxy) is 2. The van der Waals surface area contributed by atoms with Crippen LogP contribution in [0.5, 0.6) is 11.5 Å². The molecule has 0 fully saturated rings. The summed E-state index contributed by atoms with van der Waals surface area (Å²) in [7, 11) is 3.35. The Hall–Kier alpha value is -2.43. The van der Waals surface area contributed by atoms with Crippen molar-refractivity contribution in [2.45, 2.75) is 11.2 Å². The third-order valence-corrected chi connectivity index (χ3v) is 6.39. The number of benzene rings is 3. The minimum absolute atomic E-state index is 0.173. The largest absolute Gasteiger partial charge is 0.497 e. The molecule has 0 aliphatic rings. The zero-order valence-corrected chi connectivity index (χ0v) is 17.1. The van der Waals surface area contributed by atoms with Crippen LogP contribution in [0.4, 0.5) is 0 Å². The number of methoxy groups -OCH3 is 2. The zero-order chi connectivity index (χ0) is 19.8. The van der Waals surface area contributed by atoms with Gasteiger partial charge in [0.05, 0.1) is 19.0 Å². The van der Waals surface area contributed by atoms with Gasteiger partial charge in [0.2, 0.25) is 0 Å². The van der Waals surface area contributed by atoms with E-state index in [1.54, 1.807) is 14.2 Å². The van der Waals surface area contributed by atoms with Crippen molar-refractivity contribution < 1.29 is 14.6 Å². The minimum atomic E-state index is -0.463. The number of aliphatic hydroxyl groups excluding tert-OH is 1. The fourth-order valence-corrected chi connectivity index (χ4v) is 4.96. The van der Waals surface area contributed by atoms with Crippen molar-refractivity contribution in [3.8, 4) is 11.5 Å². The van der Waals surface area contributed by atoms with Crippen LogP contribution < -0.4 is 9.47 Å². The number of hydrogen-bond acceptors (Lipinski definition) is 4. The van der Waals surface area contributed by atoms with Gasteiger partial charge in [0.15, 0.2) is 0 Å². The highest BCUT2D eigenvalue weighted by Gasteiger charge is 2.39. The molecule has 0 saturated heterocycles. The van der Waals surface area contributed by atoms with Crippen LogP contribution >= 0.6 is 11.8 Å². The smallest absolute Gasteiger partial charge is 0.127 e. The molecule has 146 valence electrons. The van der Waals surface area contributed by atoms with Gasteiger partial charge < -0.3 is 14.6 Å². The zero-order valence-electron chi connectivity index (χ0n) is 16.3. The third kappa shape index (κ3) is 4.03. The van der Waals surface area contributed by atoms with Crippen molar-refractivity contribution in [2.75, 3.05) is 26.6 Å². The maximum Gasteiger partial charge on any atom is 0.127 e. The molecule has 3 aromatic carbocycles. The molecule has 0 aromatic heterocycles. The number of thioether (sulfide) groups is 1. The highest BCUT2D eigenvalue weighted by atomic mass is 32.2. The maximum absolute atomic E-state index is 9.39. The van der Waals surface area contributed by atoms with E-state index in [1.165, 1.54) is 11.1 Å². The predicted octanol–water partition coefficient (Wildman–Crippen LogP) is 5.11. The molecule has 1 N–H and O–H groups in total. The Morgan fingerprint density at radius 2 is 1.43 bits per heavy atom. The van der Waals surface area contributed by atoms with Gasteiger partial charge in [0.1, 0.15) is 11.5 Å². The average Bonchev–Trinajstić information content (AvgIpc) is 2.78. The Balaban J connectivity index is 2.29. The van der Waals surface area contributed by atoms with Gasteiger partial charge in [-0.05, 0) is 35.4 Å². The van der Waals surface area contributed by atoms with E-state index < -0.39 is 4.75 Å². The Labute approximate surface area is 171 Å². The summed E-state index contributed by atoms with van der Waals surface area (Å²) in [5.41, 5.74) is 3.41. The molecule has 4 heteroatoms. The standard InChI is InChI=1S/C24H26O3S/c1-26-21-14-15-22(23(18-21)27-2)24(28-17-9-16-25,19-10-5-3-6-11-19)20-12-7-4-8-13-20/h3-8,10-15,18,25H,9,16-17H2,1-2H3. The van der Waals surface area contributed by atoms with Crippen LogP contribution in [-0.4, -0.2) is 31.7 Å². The normalized spacial score (nSPS) is 11.2. The van der Waals surface area contributed by atoms with Crippen LogP contribution in [0.3, 0.4) is 0 Å². The van der Waals surface area contributed by atoms with Gasteiger partial charge in [-0.1, -0.05) is 60.7 Å². The van der Waals surface area contributed by atoms with Crippen molar-refractivity contribution >= 4 is 11.8 Å². The van der Waals surface area contributed by atoms with Gasteiger partial charge in [-0.25, -0.2) is 0 Å². The summed E-state index contributed by atoms with van der Waals surface area (Å²) in [6, 6.07) is 26.9. The fourth-order valence-electron chi connectivity index (χ4n) is 3.45. The molecule has 0 saturated carbocycles. The Bertz CT molecular complexity index is 826. The summed E-state index contributed by atoms with van der Waals surface area (Å²) < 4.78 is 10.8. The van der Waals surface area contributed by atoms with E-state index in [0.29, 0.717) is 0 Å². The summed E-state index contributed by atoms with van der Waals surface area (Å²) in [5, 5.41) is 9.39. The Morgan fingerprint density at radius 3 is 1.93 bits per heavy atom. The minimum Gasteiger partial charge on any atom is -0.497 e. The molecule has 3 nitrogen and oxygen atoms in total. The van der Waals surface area contributed by atoms with Crippen molar-refractivity contribution in [2.24, 2.45) is 0 Å². The molecular weight excluding hydrogens is 368 g/mol. The summed E-state index contributed by atoms with van der Waals surface area (Å²) in [5.74, 6) is 2.36. The molecule has 0 bridgehead atoms. The van der Waals surface area contributed by atoms with Crippen LogP contribution in [0.1, 0.15) is 23.1 Å². The van der Waals surface area contributed by atoms with Crippen LogP contribution in [0, 0.1) is 0 Å². The first-order chi connectivity index (χ1) is 13.8. The first-order valence-corrected chi connectivity index (χ1v) is 10.3. The molecule has 28 heavy (non-hydrogen) atoms. The summed E-state index contributed by atoms with van der Waals surface area (Å²) >= 11 is 1.82. The summed E-state index contributed by atoms with van der Waals surface area (Å²) in [4.78, 5) is 0. The summed E-state index contributed by atoms with van der Waals surface area (Å²) in [6.07, 6.45) is 0.727. The van der Waals surface area contributed by atoms with Crippen LogP contribution in [-0.2, 0) is 4.75 Å². The lowest BCUT2D eigenvalue weighted by atomic mass is 9.83. The quantitative estimate of drug-likeness (QED) is 0.404. The highest BCUT2D eigenvalue weighted by molar-refractivity contribution is 8.00. The van der Waals surface area contributed by atoms with Gasteiger partial charge in [-0.2, -0.15) is 0 Å². The summed E-state index contributed by atoms with van der Waals surface area (Å²) in [6.45, 7) is 0.173. The molecular formula is C24H26O3S. The molecule has 0 unspecified atom stereocenters. The second-order valence-corrected chi connectivity index (χ2v) is 7.71. The van der Waals surface area contributed by atoms with Crippen LogP contribution in [0.15, 0.2) is 78.9 Å². The van der Waals surface area contributed by atoms with E-state index >= 15 is 0 Å². The molecule has 0 heterocycles. The topological polar surface area (TPSA) is 38.7 Å². The third-order valence-electron chi connectivity index (χ3n) is 4.77. The molecule has 0 spiro atoms. The lowest BCUT2D eigenvalue weighted by molar-refractivity contribution is 0.296. The SMILES string of the molecule is COc1ccc(C(SCCCO)(c2ccccc2)c2ccccc2)c(OC)c1. The molecule has 3 rings (SSSR count). The molecule has 0 atom stereocenters. The van der Waals surface area contributed by atoms with Crippen LogP contribution in [0.2, 0.25) is 0 Å². The predicted molar refractivity (Wildman–Crippen MR) is 116 cm³/mol. The van der Waals surface area contributed by atoms with Gasteiger partial charge in [-0.3, -0.25) is 0 Å².